The number of rotatable bonds is 4. The first-order chi connectivity index (χ1) is 10.5. The highest BCUT2D eigenvalue weighted by Gasteiger charge is 2.28. The van der Waals surface area contributed by atoms with Crippen molar-refractivity contribution < 1.29 is 19.2 Å². The summed E-state index contributed by atoms with van der Waals surface area (Å²) in [7, 11) is -1.87. The standard InChI is InChI=1S/C15H20BFN2O3/c17-14-9-12(3-4-13(14)16(21)22)15(20)19-7-5-18(6-8-19)10-11-1-2-11/h3-4,9,11,21-22H,1-2,5-8,10H2. The first-order valence-corrected chi connectivity index (χ1v) is 7.72. The molecule has 118 valence electrons. The zero-order valence-corrected chi connectivity index (χ0v) is 12.4. The summed E-state index contributed by atoms with van der Waals surface area (Å²) < 4.78 is 13.7. The molecule has 5 nitrogen and oxygen atoms in total. The van der Waals surface area contributed by atoms with Crippen LogP contribution < -0.4 is 5.46 Å². The van der Waals surface area contributed by atoms with Crippen molar-refractivity contribution >= 4 is 18.5 Å². The Morgan fingerprint density at radius 1 is 1.23 bits per heavy atom. The number of hydrogen-bond acceptors (Lipinski definition) is 4. The van der Waals surface area contributed by atoms with Crippen LogP contribution in [-0.4, -0.2) is 65.6 Å². The van der Waals surface area contributed by atoms with E-state index in [4.69, 9.17) is 10.0 Å². The Hall–Kier alpha value is -1.44. The minimum atomic E-state index is -1.87. The van der Waals surface area contributed by atoms with Gasteiger partial charge >= 0.3 is 7.12 Å². The second kappa shape index (κ2) is 6.36. The van der Waals surface area contributed by atoms with Crippen molar-refractivity contribution in [2.45, 2.75) is 12.8 Å². The third-order valence-corrected chi connectivity index (χ3v) is 4.40. The molecule has 22 heavy (non-hydrogen) atoms. The number of carbonyl (C=O) groups is 1. The quantitative estimate of drug-likeness (QED) is 0.748. The fraction of sp³-hybridized carbons (Fsp3) is 0.533. The number of hydrogen-bond donors (Lipinski definition) is 2. The molecule has 0 atom stereocenters. The third kappa shape index (κ3) is 3.48. The lowest BCUT2D eigenvalue weighted by Gasteiger charge is -2.34. The van der Waals surface area contributed by atoms with Gasteiger partial charge in [0, 0.05) is 43.8 Å². The molecule has 1 saturated carbocycles. The molecule has 1 aromatic carbocycles. The summed E-state index contributed by atoms with van der Waals surface area (Å²) in [5.41, 5.74) is 0.0309. The minimum absolute atomic E-state index is 0.205. The predicted molar refractivity (Wildman–Crippen MR) is 81.3 cm³/mol. The Kier molecular flexibility index (Phi) is 4.47. The molecule has 0 radical (unpaired) electrons. The molecule has 1 saturated heterocycles. The van der Waals surface area contributed by atoms with Gasteiger partial charge in [-0.2, -0.15) is 0 Å². The molecule has 1 aromatic rings. The molecule has 1 heterocycles. The Bertz CT molecular complexity index is 558. The van der Waals surface area contributed by atoms with Crippen molar-refractivity contribution in [3.05, 3.63) is 29.6 Å². The Morgan fingerprint density at radius 3 is 2.45 bits per heavy atom. The minimum Gasteiger partial charge on any atom is -0.423 e. The lowest BCUT2D eigenvalue weighted by molar-refractivity contribution is 0.0631. The monoisotopic (exact) mass is 306 g/mol. The van der Waals surface area contributed by atoms with E-state index in [2.05, 4.69) is 4.90 Å². The maximum Gasteiger partial charge on any atom is 0.491 e. The Morgan fingerprint density at radius 2 is 1.91 bits per heavy atom. The molecule has 2 aliphatic rings. The van der Waals surface area contributed by atoms with Crippen LogP contribution in [-0.2, 0) is 0 Å². The van der Waals surface area contributed by atoms with Gasteiger partial charge in [0.15, 0.2) is 0 Å². The second-order valence-corrected chi connectivity index (χ2v) is 6.15. The zero-order chi connectivity index (χ0) is 15.7. The van der Waals surface area contributed by atoms with Crippen molar-refractivity contribution in [3.8, 4) is 0 Å². The van der Waals surface area contributed by atoms with E-state index in [1.54, 1.807) is 4.90 Å². The van der Waals surface area contributed by atoms with Crippen LogP contribution in [0.15, 0.2) is 18.2 Å². The van der Waals surface area contributed by atoms with Gasteiger partial charge in [-0.25, -0.2) is 4.39 Å². The van der Waals surface area contributed by atoms with Gasteiger partial charge in [0.25, 0.3) is 5.91 Å². The first kappa shape index (κ1) is 15.5. The van der Waals surface area contributed by atoms with E-state index in [1.165, 1.54) is 25.0 Å². The van der Waals surface area contributed by atoms with E-state index in [-0.39, 0.29) is 16.9 Å². The predicted octanol–water partition coefficient (Wildman–Crippen LogP) is -0.327. The fourth-order valence-electron chi connectivity index (χ4n) is 2.85. The molecule has 0 aromatic heterocycles. The molecule has 7 heteroatoms. The van der Waals surface area contributed by atoms with Crippen molar-refractivity contribution in [2.75, 3.05) is 32.7 Å². The first-order valence-electron chi connectivity index (χ1n) is 7.72. The largest absolute Gasteiger partial charge is 0.491 e. The highest BCUT2D eigenvalue weighted by molar-refractivity contribution is 6.58. The maximum absolute atomic E-state index is 13.7. The van der Waals surface area contributed by atoms with E-state index in [9.17, 15) is 9.18 Å². The molecular weight excluding hydrogens is 286 g/mol. The number of piperazine rings is 1. The molecule has 2 N–H and O–H groups in total. The van der Waals surface area contributed by atoms with Crippen LogP contribution in [0.3, 0.4) is 0 Å². The highest BCUT2D eigenvalue weighted by atomic mass is 19.1. The lowest BCUT2D eigenvalue weighted by atomic mass is 9.79. The van der Waals surface area contributed by atoms with E-state index in [0.717, 1.165) is 31.6 Å². The molecule has 1 amide bonds. The summed E-state index contributed by atoms with van der Waals surface area (Å²) in [6.07, 6.45) is 2.64. The van der Waals surface area contributed by atoms with Gasteiger partial charge in [0.05, 0.1) is 0 Å². The zero-order valence-electron chi connectivity index (χ0n) is 12.4. The van der Waals surface area contributed by atoms with Crippen LogP contribution in [0.1, 0.15) is 23.2 Å². The van der Waals surface area contributed by atoms with Gasteiger partial charge < -0.3 is 14.9 Å². The van der Waals surface area contributed by atoms with E-state index < -0.39 is 12.9 Å². The van der Waals surface area contributed by atoms with Crippen LogP contribution in [0.2, 0.25) is 0 Å². The third-order valence-electron chi connectivity index (χ3n) is 4.40. The van der Waals surface area contributed by atoms with Gasteiger partial charge in [-0.15, -0.1) is 0 Å². The van der Waals surface area contributed by atoms with E-state index in [1.807, 2.05) is 0 Å². The normalized spacial score (nSPS) is 19.3. The average molecular weight is 306 g/mol. The Labute approximate surface area is 129 Å². The number of amides is 1. The van der Waals surface area contributed by atoms with Gasteiger partial charge in [-0.3, -0.25) is 9.69 Å². The van der Waals surface area contributed by atoms with Crippen LogP contribution in [0.5, 0.6) is 0 Å². The van der Waals surface area contributed by atoms with Crippen LogP contribution >= 0.6 is 0 Å². The summed E-state index contributed by atoms with van der Waals surface area (Å²) in [6.45, 7) is 4.14. The summed E-state index contributed by atoms with van der Waals surface area (Å²) >= 11 is 0. The molecule has 0 bridgehead atoms. The number of nitrogens with zero attached hydrogens (tertiary/aromatic N) is 2. The van der Waals surface area contributed by atoms with Gasteiger partial charge in [-0.05, 0) is 30.9 Å². The summed E-state index contributed by atoms with van der Waals surface area (Å²) in [5.74, 6) is -0.133. The fourth-order valence-corrected chi connectivity index (χ4v) is 2.85. The molecule has 0 spiro atoms. The van der Waals surface area contributed by atoms with Crippen LogP contribution in [0.25, 0.3) is 0 Å². The Balaban J connectivity index is 1.60. The number of benzene rings is 1. The number of halogens is 1. The number of carbonyl (C=O) groups excluding carboxylic acids is 1. The molecule has 2 fully saturated rings. The van der Waals surface area contributed by atoms with Gasteiger partial charge in [-0.1, -0.05) is 6.07 Å². The molecule has 1 aliphatic heterocycles. The summed E-state index contributed by atoms with van der Waals surface area (Å²) in [4.78, 5) is 16.5. The van der Waals surface area contributed by atoms with Crippen molar-refractivity contribution in [3.63, 3.8) is 0 Å². The SMILES string of the molecule is O=C(c1ccc(B(O)O)c(F)c1)N1CCN(CC2CC2)CC1. The molecular formula is C15H20BFN2O3. The second-order valence-electron chi connectivity index (χ2n) is 6.15. The van der Waals surface area contributed by atoms with Gasteiger partial charge in [0.1, 0.15) is 5.82 Å². The van der Waals surface area contributed by atoms with E-state index >= 15 is 0 Å². The summed E-state index contributed by atoms with van der Waals surface area (Å²) in [6, 6.07) is 3.76. The molecule has 3 rings (SSSR count). The topological polar surface area (TPSA) is 64.0 Å². The van der Waals surface area contributed by atoms with Crippen molar-refractivity contribution in [1.29, 1.82) is 0 Å². The maximum atomic E-state index is 13.7. The molecule has 1 aliphatic carbocycles. The summed E-state index contributed by atoms with van der Waals surface area (Å²) in [5, 5.41) is 18.0. The van der Waals surface area contributed by atoms with Crippen molar-refractivity contribution in [1.82, 2.24) is 9.80 Å². The average Bonchev–Trinajstić information content (AvgIpc) is 3.31. The highest BCUT2D eigenvalue weighted by Crippen LogP contribution is 2.29. The van der Waals surface area contributed by atoms with E-state index in [0.29, 0.717) is 13.1 Å². The van der Waals surface area contributed by atoms with Crippen LogP contribution in [0, 0.1) is 11.7 Å². The smallest absolute Gasteiger partial charge is 0.423 e. The van der Waals surface area contributed by atoms with Gasteiger partial charge in [0.2, 0.25) is 0 Å². The van der Waals surface area contributed by atoms with Crippen LogP contribution in [0.4, 0.5) is 4.39 Å². The lowest BCUT2D eigenvalue weighted by Crippen LogP contribution is -2.49. The molecule has 0 unspecified atom stereocenters. The van der Waals surface area contributed by atoms with Crippen molar-refractivity contribution in [2.24, 2.45) is 5.92 Å².